The average Bonchev–Trinajstić information content (AvgIpc) is 2.84. The first-order chi connectivity index (χ1) is 11.0. The molecule has 8 heteroatoms. The van der Waals surface area contributed by atoms with Gasteiger partial charge in [0.25, 0.3) is 5.91 Å². The number of esters is 1. The number of carbonyl (C=O) groups is 2. The first kappa shape index (κ1) is 16.9. The third-order valence-corrected chi connectivity index (χ3v) is 5.49. The highest BCUT2D eigenvalue weighted by Gasteiger charge is 2.49. The van der Waals surface area contributed by atoms with Gasteiger partial charge < -0.3 is 15.4 Å². The Morgan fingerprint density at radius 3 is 2.91 bits per heavy atom. The molecule has 124 valence electrons. The Kier molecular flexibility index (Phi) is 5.03. The number of pyridine rings is 1. The number of hydrogen-bond acceptors (Lipinski definition) is 5. The van der Waals surface area contributed by atoms with Crippen molar-refractivity contribution in [1.29, 1.82) is 0 Å². The summed E-state index contributed by atoms with van der Waals surface area (Å²) in [4.78, 5) is 28.5. The molecule has 1 unspecified atom stereocenters. The van der Waals surface area contributed by atoms with Crippen LogP contribution in [0.4, 0.5) is 0 Å². The van der Waals surface area contributed by atoms with Crippen LogP contribution in [0.1, 0.15) is 29.6 Å². The summed E-state index contributed by atoms with van der Waals surface area (Å²) < 4.78 is 6.69. The second-order valence-electron chi connectivity index (χ2n) is 5.96. The molecule has 23 heavy (non-hydrogen) atoms. The van der Waals surface area contributed by atoms with E-state index in [4.69, 9.17) is 4.74 Å². The quantitative estimate of drug-likeness (QED) is 0.548. The van der Waals surface area contributed by atoms with E-state index < -0.39 is 0 Å². The molecule has 2 aliphatic rings. The molecule has 1 aromatic heterocycles. The van der Waals surface area contributed by atoms with Crippen molar-refractivity contribution in [3.05, 3.63) is 26.9 Å². The number of piperidine rings is 1. The van der Waals surface area contributed by atoms with Crippen LogP contribution in [0, 0.1) is 5.41 Å². The second kappa shape index (κ2) is 6.86. The number of cyclic esters (lactones) is 1. The van der Waals surface area contributed by atoms with E-state index in [1.54, 1.807) is 12.3 Å². The van der Waals surface area contributed by atoms with Gasteiger partial charge in [0.05, 0.1) is 17.5 Å². The van der Waals surface area contributed by atoms with Crippen molar-refractivity contribution < 1.29 is 14.3 Å². The fourth-order valence-corrected chi connectivity index (χ4v) is 3.88. The van der Waals surface area contributed by atoms with Gasteiger partial charge in [0, 0.05) is 17.1 Å². The number of ether oxygens (including phenoxy) is 1. The topological polar surface area (TPSA) is 80.3 Å². The Labute approximate surface area is 151 Å². The molecule has 0 saturated carbocycles. The molecule has 0 bridgehead atoms. The van der Waals surface area contributed by atoms with Crippen LogP contribution in [0.15, 0.2) is 21.3 Å². The summed E-state index contributed by atoms with van der Waals surface area (Å²) >= 11 is 6.57. The van der Waals surface area contributed by atoms with Crippen LogP contribution in [-0.4, -0.2) is 42.6 Å². The monoisotopic (exact) mass is 445 g/mol. The van der Waals surface area contributed by atoms with Gasteiger partial charge in [-0.1, -0.05) is 0 Å². The van der Waals surface area contributed by atoms with Crippen LogP contribution in [0.5, 0.6) is 0 Å². The Balaban J connectivity index is 1.60. The Hall–Kier alpha value is -0.990. The molecule has 3 heterocycles. The molecule has 0 radical (unpaired) electrons. The summed E-state index contributed by atoms with van der Waals surface area (Å²) in [5.41, 5.74) is 0.0822. The largest absolute Gasteiger partial charge is 0.460 e. The zero-order valence-electron chi connectivity index (χ0n) is 12.4. The van der Waals surface area contributed by atoms with Gasteiger partial charge in [0.1, 0.15) is 10.7 Å². The molecule has 2 fully saturated rings. The standard InChI is InChI=1S/C15H17Br2N3O3/c16-9-5-11(12(17)19-7-9)13(21)20-8-10-6-15(14(22)23-10)1-3-18-4-2-15/h5,7,10,18H,1-4,6,8H2,(H,20,21). The van der Waals surface area contributed by atoms with Gasteiger partial charge in [0.2, 0.25) is 0 Å². The highest BCUT2D eigenvalue weighted by molar-refractivity contribution is 9.11. The zero-order chi connectivity index (χ0) is 16.4. The van der Waals surface area contributed by atoms with Crippen molar-refractivity contribution in [2.24, 2.45) is 5.41 Å². The molecule has 2 aliphatic heterocycles. The highest BCUT2D eigenvalue weighted by atomic mass is 79.9. The minimum Gasteiger partial charge on any atom is -0.460 e. The lowest BCUT2D eigenvalue weighted by Crippen LogP contribution is -2.39. The van der Waals surface area contributed by atoms with Crippen LogP contribution in [0.3, 0.4) is 0 Å². The summed E-state index contributed by atoms with van der Waals surface area (Å²) in [6, 6.07) is 1.70. The van der Waals surface area contributed by atoms with E-state index in [2.05, 4.69) is 47.5 Å². The van der Waals surface area contributed by atoms with Crippen molar-refractivity contribution in [3.8, 4) is 0 Å². The third kappa shape index (κ3) is 3.59. The van der Waals surface area contributed by atoms with Crippen molar-refractivity contribution in [2.75, 3.05) is 19.6 Å². The van der Waals surface area contributed by atoms with Gasteiger partial charge in [0.15, 0.2) is 0 Å². The summed E-state index contributed by atoms with van der Waals surface area (Å²) in [5.74, 6) is -0.364. The van der Waals surface area contributed by atoms with Crippen LogP contribution >= 0.6 is 31.9 Å². The molecule has 2 N–H and O–H groups in total. The Morgan fingerprint density at radius 2 is 2.17 bits per heavy atom. The van der Waals surface area contributed by atoms with Gasteiger partial charge in [-0.3, -0.25) is 9.59 Å². The SMILES string of the molecule is O=C(NCC1CC2(CCNCC2)C(=O)O1)c1cc(Br)cnc1Br. The maximum atomic E-state index is 12.3. The summed E-state index contributed by atoms with van der Waals surface area (Å²) in [6.07, 6.45) is 3.63. The normalized spacial score (nSPS) is 22.9. The van der Waals surface area contributed by atoms with E-state index >= 15 is 0 Å². The second-order valence-corrected chi connectivity index (χ2v) is 7.63. The number of nitrogens with zero attached hydrogens (tertiary/aromatic N) is 1. The zero-order valence-corrected chi connectivity index (χ0v) is 15.6. The summed E-state index contributed by atoms with van der Waals surface area (Å²) in [7, 11) is 0. The number of rotatable bonds is 3. The highest BCUT2D eigenvalue weighted by Crippen LogP contribution is 2.41. The maximum absolute atomic E-state index is 12.3. The van der Waals surface area contributed by atoms with Crippen molar-refractivity contribution in [2.45, 2.75) is 25.4 Å². The van der Waals surface area contributed by atoms with Crippen LogP contribution in [0.2, 0.25) is 0 Å². The molecule has 1 spiro atoms. The lowest BCUT2D eigenvalue weighted by molar-refractivity contribution is -0.149. The minimum atomic E-state index is -0.363. The van der Waals surface area contributed by atoms with Gasteiger partial charge in [-0.15, -0.1) is 0 Å². The van der Waals surface area contributed by atoms with Crippen molar-refractivity contribution in [3.63, 3.8) is 0 Å². The number of carbonyl (C=O) groups excluding carboxylic acids is 2. The first-order valence-electron chi connectivity index (χ1n) is 7.51. The fourth-order valence-electron chi connectivity index (χ4n) is 3.15. The molecular formula is C15H17Br2N3O3. The van der Waals surface area contributed by atoms with E-state index in [1.165, 1.54) is 0 Å². The molecular weight excluding hydrogens is 430 g/mol. The number of amides is 1. The Bertz CT molecular complexity index is 632. The van der Waals surface area contributed by atoms with Crippen molar-refractivity contribution >= 4 is 43.7 Å². The number of aromatic nitrogens is 1. The third-order valence-electron chi connectivity index (χ3n) is 4.43. The van der Waals surface area contributed by atoms with Gasteiger partial charge in [-0.05, 0) is 63.9 Å². The predicted octanol–water partition coefficient (Wildman–Crippen LogP) is 2.02. The molecule has 1 amide bonds. The van der Waals surface area contributed by atoms with Gasteiger partial charge in [-0.25, -0.2) is 4.98 Å². The predicted molar refractivity (Wildman–Crippen MR) is 91.0 cm³/mol. The molecule has 3 rings (SSSR count). The molecule has 1 atom stereocenters. The van der Waals surface area contributed by atoms with Crippen LogP contribution in [-0.2, 0) is 9.53 Å². The minimum absolute atomic E-state index is 0.122. The van der Waals surface area contributed by atoms with Gasteiger partial charge >= 0.3 is 5.97 Å². The molecule has 0 aliphatic carbocycles. The van der Waals surface area contributed by atoms with Gasteiger partial charge in [-0.2, -0.15) is 0 Å². The van der Waals surface area contributed by atoms with E-state index in [-0.39, 0.29) is 23.4 Å². The summed E-state index contributed by atoms with van der Waals surface area (Å²) in [5, 5.41) is 6.09. The van der Waals surface area contributed by atoms with E-state index in [9.17, 15) is 9.59 Å². The van der Waals surface area contributed by atoms with Crippen LogP contribution in [0.25, 0.3) is 0 Å². The molecule has 6 nitrogen and oxygen atoms in total. The van der Waals surface area contributed by atoms with E-state index in [1.807, 2.05) is 0 Å². The lowest BCUT2D eigenvalue weighted by atomic mass is 9.76. The summed E-state index contributed by atoms with van der Waals surface area (Å²) in [6.45, 7) is 1.99. The maximum Gasteiger partial charge on any atom is 0.312 e. The van der Waals surface area contributed by atoms with E-state index in [0.29, 0.717) is 23.1 Å². The lowest BCUT2D eigenvalue weighted by Gasteiger charge is -2.29. The molecule has 0 aromatic carbocycles. The fraction of sp³-hybridized carbons (Fsp3) is 0.533. The van der Waals surface area contributed by atoms with E-state index in [0.717, 1.165) is 30.4 Å². The molecule has 1 aromatic rings. The van der Waals surface area contributed by atoms with Crippen LogP contribution < -0.4 is 10.6 Å². The molecule has 2 saturated heterocycles. The Morgan fingerprint density at radius 1 is 1.43 bits per heavy atom. The first-order valence-corrected chi connectivity index (χ1v) is 9.10. The van der Waals surface area contributed by atoms with Crippen molar-refractivity contribution in [1.82, 2.24) is 15.6 Å². The number of halogens is 2. The smallest absolute Gasteiger partial charge is 0.312 e. The average molecular weight is 447 g/mol. The number of nitrogens with one attached hydrogen (secondary N) is 2. The number of hydrogen-bond donors (Lipinski definition) is 2.